The molecule has 0 amide bonds. The first-order chi connectivity index (χ1) is 13.2. The highest BCUT2D eigenvalue weighted by Crippen LogP contribution is 2.16. The molecule has 1 fully saturated rings. The van der Waals surface area contributed by atoms with Gasteiger partial charge in [-0.2, -0.15) is 0 Å². The molecule has 2 aromatic rings. The summed E-state index contributed by atoms with van der Waals surface area (Å²) in [6, 6.07) is 8.34. The van der Waals surface area contributed by atoms with Crippen LogP contribution >= 0.6 is 24.0 Å². The van der Waals surface area contributed by atoms with E-state index in [4.69, 9.17) is 0 Å². The molecule has 0 bridgehead atoms. The molecule has 2 N–H and O–H groups in total. The lowest BCUT2D eigenvalue weighted by Crippen LogP contribution is -2.44. The fourth-order valence-electron chi connectivity index (χ4n) is 3.96. The number of fused-ring (bicyclic) bond motifs is 1. The standard InChI is InChI=1S/C21H34N6.HI/c1-17-8-6-13-26(16-17)15-12-24-21(22-3)23-11-7-14-27-18(2)25-19-9-4-5-10-20(19)27;/h4-5,9-10,17H,6-8,11-16H2,1-3H3,(H2,22,23,24);1H. The van der Waals surface area contributed by atoms with Crippen molar-refractivity contribution in [1.29, 1.82) is 0 Å². The lowest BCUT2D eigenvalue weighted by Gasteiger charge is -2.30. The summed E-state index contributed by atoms with van der Waals surface area (Å²) in [5, 5.41) is 6.88. The van der Waals surface area contributed by atoms with Gasteiger partial charge in [-0.3, -0.25) is 4.99 Å². The number of benzene rings is 1. The van der Waals surface area contributed by atoms with Crippen LogP contribution in [0.3, 0.4) is 0 Å². The number of aliphatic imine (C=N–C) groups is 1. The van der Waals surface area contributed by atoms with E-state index in [1.165, 1.54) is 31.4 Å². The summed E-state index contributed by atoms with van der Waals surface area (Å²) in [5.74, 6) is 2.81. The molecule has 0 radical (unpaired) electrons. The first-order valence-electron chi connectivity index (χ1n) is 10.3. The van der Waals surface area contributed by atoms with Crippen LogP contribution in [0.25, 0.3) is 11.0 Å². The summed E-state index contributed by atoms with van der Waals surface area (Å²) in [4.78, 5) is 11.5. The average molecular weight is 498 g/mol. The van der Waals surface area contributed by atoms with Crippen molar-refractivity contribution < 1.29 is 0 Å². The molecular formula is C21H35IN6. The van der Waals surface area contributed by atoms with Gasteiger partial charge in [0, 0.05) is 39.8 Å². The monoisotopic (exact) mass is 498 g/mol. The largest absolute Gasteiger partial charge is 0.356 e. The molecule has 28 heavy (non-hydrogen) atoms. The van der Waals surface area contributed by atoms with Crippen LogP contribution in [0.5, 0.6) is 0 Å². The second kappa shape index (κ2) is 11.6. The lowest BCUT2D eigenvalue weighted by atomic mass is 10.0. The Labute approximate surface area is 186 Å². The fourth-order valence-corrected chi connectivity index (χ4v) is 3.96. The van der Waals surface area contributed by atoms with Gasteiger partial charge in [-0.25, -0.2) is 4.98 Å². The van der Waals surface area contributed by atoms with E-state index in [0.717, 1.165) is 55.8 Å². The summed E-state index contributed by atoms with van der Waals surface area (Å²) in [5.41, 5.74) is 2.29. The van der Waals surface area contributed by atoms with Crippen molar-refractivity contribution in [2.45, 2.75) is 39.7 Å². The van der Waals surface area contributed by atoms with Gasteiger partial charge < -0.3 is 20.1 Å². The smallest absolute Gasteiger partial charge is 0.191 e. The average Bonchev–Trinajstić information content (AvgIpc) is 2.99. The Balaban J connectivity index is 0.00000280. The third-order valence-electron chi connectivity index (χ3n) is 5.38. The Hall–Kier alpha value is -1.35. The molecule has 1 atom stereocenters. The van der Waals surface area contributed by atoms with Crippen molar-refractivity contribution in [1.82, 2.24) is 25.1 Å². The van der Waals surface area contributed by atoms with E-state index in [1.807, 2.05) is 13.1 Å². The molecule has 1 aromatic heterocycles. The van der Waals surface area contributed by atoms with Crippen molar-refractivity contribution in [3.8, 4) is 0 Å². The fraction of sp³-hybridized carbons (Fsp3) is 0.619. The zero-order valence-corrected chi connectivity index (χ0v) is 19.8. The molecule has 0 aliphatic carbocycles. The number of likely N-dealkylation sites (tertiary alicyclic amines) is 1. The maximum Gasteiger partial charge on any atom is 0.191 e. The van der Waals surface area contributed by atoms with E-state index in [0.29, 0.717) is 0 Å². The molecule has 2 heterocycles. The number of rotatable bonds is 7. The van der Waals surface area contributed by atoms with E-state index in [1.54, 1.807) is 0 Å². The molecule has 6 nitrogen and oxygen atoms in total. The third kappa shape index (κ3) is 6.34. The maximum atomic E-state index is 4.64. The number of guanidine groups is 1. The van der Waals surface area contributed by atoms with Crippen LogP contribution in [-0.2, 0) is 6.54 Å². The van der Waals surface area contributed by atoms with Gasteiger partial charge in [0.25, 0.3) is 0 Å². The first kappa shape index (κ1) is 22.9. The molecule has 1 saturated heterocycles. The van der Waals surface area contributed by atoms with Gasteiger partial charge in [0.2, 0.25) is 0 Å². The summed E-state index contributed by atoms with van der Waals surface area (Å²) in [6.07, 6.45) is 3.74. The van der Waals surface area contributed by atoms with Gasteiger partial charge in [-0.15, -0.1) is 24.0 Å². The minimum Gasteiger partial charge on any atom is -0.356 e. The molecule has 3 rings (SSSR count). The number of nitrogens with zero attached hydrogens (tertiary/aromatic N) is 4. The zero-order chi connectivity index (χ0) is 19.1. The molecular weight excluding hydrogens is 463 g/mol. The van der Waals surface area contributed by atoms with Crippen molar-refractivity contribution in [2.75, 3.05) is 39.8 Å². The van der Waals surface area contributed by atoms with Crippen LogP contribution in [0, 0.1) is 12.8 Å². The summed E-state index contributed by atoms with van der Waals surface area (Å²) in [6.45, 7) is 10.8. The van der Waals surface area contributed by atoms with Crippen LogP contribution in [0.1, 0.15) is 32.0 Å². The minimum absolute atomic E-state index is 0. The number of piperidine rings is 1. The summed E-state index contributed by atoms with van der Waals surface area (Å²) in [7, 11) is 1.84. The molecule has 156 valence electrons. The number of para-hydroxylation sites is 2. The van der Waals surface area contributed by atoms with Crippen LogP contribution in [0.4, 0.5) is 0 Å². The summed E-state index contributed by atoms with van der Waals surface area (Å²) < 4.78 is 2.30. The molecule has 7 heteroatoms. The van der Waals surface area contributed by atoms with Gasteiger partial charge in [-0.05, 0) is 50.8 Å². The molecule has 1 aliphatic heterocycles. The Bertz CT molecular complexity index is 756. The highest BCUT2D eigenvalue weighted by molar-refractivity contribution is 14.0. The third-order valence-corrected chi connectivity index (χ3v) is 5.38. The predicted molar refractivity (Wildman–Crippen MR) is 129 cm³/mol. The Kier molecular flexibility index (Phi) is 9.50. The highest BCUT2D eigenvalue weighted by atomic mass is 127. The molecule has 0 saturated carbocycles. The number of imidazole rings is 1. The number of aryl methyl sites for hydroxylation is 2. The van der Waals surface area contributed by atoms with E-state index >= 15 is 0 Å². The van der Waals surface area contributed by atoms with Crippen molar-refractivity contribution in [3.05, 3.63) is 30.1 Å². The number of hydrogen-bond acceptors (Lipinski definition) is 3. The van der Waals surface area contributed by atoms with Crippen LogP contribution < -0.4 is 10.6 Å². The Morgan fingerprint density at radius 1 is 1.21 bits per heavy atom. The van der Waals surface area contributed by atoms with E-state index in [9.17, 15) is 0 Å². The van der Waals surface area contributed by atoms with Crippen molar-refractivity contribution >= 4 is 41.0 Å². The molecule has 1 aliphatic rings. The highest BCUT2D eigenvalue weighted by Gasteiger charge is 2.15. The molecule has 0 spiro atoms. The second-order valence-electron chi connectivity index (χ2n) is 7.63. The Morgan fingerprint density at radius 2 is 2.00 bits per heavy atom. The normalized spacial score (nSPS) is 18.1. The van der Waals surface area contributed by atoms with E-state index in [2.05, 4.69) is 62.1 Å². The number of halogens is 1. The number of nitrogens with one attached hydrogen (secondary N) is 2. The van der Waals surface area contributed by atoms with Gasteiger partial charge in [0.05, 0.1) is 11.0 Å². The Morgan fingerprint density at radius 3 is 2.79 bits per heavy atom. The topological polar surface area (TPSA) is 57.5 Å². The van der Waals surface area contributed by atoms with Gasteiger partial charge >= 0.3 is 0 Å². The summed E-state index contributed by atoms with van der Waals surface area (Å²) >= 11 is 0. The van der Waals surface area contributed by atoms with Crippen LogP contribution in [0.15, 0.2) is 29.3 Å². The number of aromatic nitrogens is 2. The van der Waals surface area contributed by atoms with E-state index < -0.39 is 0 Å². The first-order valence-corrected chi connectivity index (χ1v) is 10.3. The predicted octanol–water partition coefficient (Wildman–Crippen LogP) is 3.25. The maximum absolute atomic E-state index is 4.64. The number of hydrogen-bond donors (Lipinski definition) is 2. The second-order valence-corrected chi connectivity index (χ2v) is 7.63. The van der Waals surface area contributed by atoms with Crippen LogP contribution in [0.2, 0.25) is 0 Å². The van der Waals surface area contributed by atoms with Gasteiger partial charge in [0.15, 0.2) is 5.96 Å². The minimum atomic E-state index is 0. The SMILES string of the molecule is CN=C(NCCCn1c(C)nc2ccccc21)NCCN1CCCC(C)C1.I. The van der Waals surface area contributed by atoms with Gasteiger partial charge in [-0.1, -0.05) is 19.1 Å². The lowest BCUT2D eigenvalue weighted by molar-refractivity contribution is 0.187. The van der Waals surface area contributed by atoms with Crippen LogP contribution in [-0.4, -0.2) is 60.2 Å². The molecule has 1 aromatic carbocycles. The quantitative estimate of drug-likeness (QED) is 0.267. The van der Waals surface area contributed by atoms with E-state index in [-0.39, 0.29) is 24.0 Å². The van der Waals surface area contributed by atoms with Crippen molar-refractivity contribution in [2.24, 2.45) is 10.9 Å². The van der Waals surface area contributed by atoms with Gasteiger partial charge in [0.1, 0.15) is 5.82 Å². The molecule has 1 unspecified atom stereocenters. The van der Waals surface area contributed by atoms with Crippen molar-refractivity contribution in [3.63, 3.8) is 0 Å². The zero-order valence-electron chi connectivity index (χ0n) is 17.4.